The van der Waals surface area contributed by atoms with Gasteiger partial charge in [-0.25, -0.2) is 0 Å². The van der Waals surface area contributed by atoms with Crippen molar-refractivity contribution in [3.05, 3.63) is 52.2 Å². The van der Waals surface area contributed by atoms with E-state index in [-0.39, 0.29) is 12.2 Å². The summed E-state index contributed by atoms with van der Waals surface area (Å²) < 4.78 is 5.84. The van der Waals surface area contributed by atoms with Crippen molar-refractivity contribution in [1.82, 2.24) is 9.88 Å². The summed E-state index contributed by atoms with van der Waals surface area (Å²) >= 11 is 0. The SMILES string of the molecule is CCc1cccc(CC)c1-c1cc(C(N)=O)c(CN2C[C@@H](C)O[C@H](C)C2)c(C)n1. The molecule has 0 bridgehead atoms. The van der Waals surface area contributed by atoms with Gasteiger partial charge >= 0.3 is 0 Å². The molecule has 1 aromatic carbocycles. The highest BCUT2D eigenvalue weighted by atomic mass is 16.5. The standard InChI is InChI=1S/C24H33N3O2/c1-6-18-9-8-10-19(7-2)23(18)22-11-20(24(25)28)21(17(5)26-22)14-27-12-15(3)29-16(4)13-27/h8-11,15-16H,6-7,12-14H2,1-5H3,(H2,25,28)/t15-,16-/m1/s1. The van der Waals surface area contributed by atoms with E-state index in [9.17, 15) is 4.79 Å². The molecule has 2 heterocycles. The Hall–Kier alpha value is -2.24. The van der Waals surface area contributed by atoms with Crippen molar-refractivity contribution in [2.75, 3.05) is 13.1 Å². The van der Waals surface area contributed by atoms with Crippen molar-refractivity contribution in [1.29, 1.82) is 0 Å². The van der Waals surface area contributed by atoms with E-state index in [1.807, 2.05) is 13.0 Å². The van der Waals surface area contributed by atoms with Crippen molar-refractivity contribution in [2.24, 2.45) is 5.73 Å². The average molecular weight is 396 g/mol. The second kappa shape index (κ2) is 9.06. The third-order valence-corrected chi connectivity index (χ3v) is 5.73. The maximum atomic E-state index is 12.4. The number of nitrogens with zero attached hydrogens (tertiary/aromatic N) is 2. The summed E-state index contributed by atoms with van der Waals surface area (Å²) in [5.74, 6) is -0.395. The molecule has 1 aliphatic rings. The maximum Gasteiger partial charge on any atom is 0.249 e. The number of aromatic nitrogens is 1. The fourth-order valence-electron chi connectivity index (χ4n) is 4.46. The molecule has 2 aromatic rings. The van der Waals surface area contributed by atoms with Gasteiger partial charge in [0.05, 0.1) is 17.9 Å². The van der Waals surface area contributed by atoms with Crippen LogP contribution >= 0.6 is 0 Å². The Kier molecular flexibility index (Phi) is 6.70. The molecule has 3 rings (SSSR count). The van der Waals surface area contributed by atoms with Gasteiger partial charge in [-0.05, 0) is 50.8 Å². The summed E-state index contributed by atoms with van der Waals surface area (Å²) in [7, 11) is 0. The highest BCUT2D eigenvalue weighted by molar-refractivity contribution is 5.95. The fraction of sp³-hybridized carbons (Fsp3) is 0.500. The van der Waals surface area contributed by atoms with Gasteiger partial charge in [-0.2, -0.15) is 0 Å². The van der Waals surface area contributed by atoms with Gasteiger partial charge in [0.25, 0.3) is 0 Å². The molecule has 1 fully saturated rings. The Morgan fingerprint density at radius 2 is 1.76 bits per heavy atom. The minimum atomic E-state index is -0.395. The van der Waals surface area contributed by atoms with E-state index in [0.29, 0.717) is 12.1 Å². The molecule has 2 atom stereocenters. The molecule has 29 heavy (non-hydrogen) atoms. The van der Waals surface area contributed by atoms with E-state index < -0.39 is 5.91 Å². The first kappa shape index (κ1) is 21.5. The lowest BCUT2D eigenvalue weighted by Gasteiger charge is -2.35. The first-order chi connectivity index (χ1) is 13.8. The number of rotatable bonds is 6. The summed E-state index contributed by atoms with van der Waals surface area (Å²) in [6.45, 7) is 12.8. The van der Waals surface area contributed by atoms with E-state index in [1.54, 1.807) is 0 Å². The van der Waals surface area contributed by atoms with Crippen molar-refractivity contribution in [3.63, 3.8) is 0 Å². The fourth-order valence-corrected chi connectivity index (χ4v) is 4.46. The van der Waals surface area contributed by atoms with Crippen molar-refractivity contribution >= 4 is 5.91 Å². The van der Waals surface area contributed by atoms with Crippen LogP contribution in [0.2, 0.25) is 0 Å². The van der Waals surface area contributed by atoms with Crippen LogP contribution in [0.1, 0.15) is 60.4 Å². The first-order valence-corrected chi connectivity index (χ1v) is 10.6. The van der Waals surface area contributed by atoms with Crippen molar-refractivity contribution < 1.29 is 9.53 Å². The number of amides is 1. The quantitative estimate of drug-likeness (QED) is 0.806. The van der Waals surface area contributed by atoms with Gasteiger partial charge in [-0.1, -0.05) is 32.0 Å². The Labute approximate surface area is 174 Å². The van der Waals surface area contributed by atoms with Crippen LogP contribution in [0.15, 0.2) is 24.3 Å². The lowest BCUT2D eigenvalue weighted by atomic mass is 9.92. The van der Waals surface area contributed by atoms with Crippen molar-refractivity contribution in [2.45, 2.75) is 66.2 Å². The highest BCUT2D eigenvalue weighted by Gasteiger charge is 2.25. The lowest BCUT2D eigenvalue weighted by Crippen LogP contribution is -2.45. The number of primary amides is 1. The zero-order chi connectivity index (χ0) is 21.1. The largest absolute Gasteiger partial charge is 0.373 e. The molecule has 1 aromatic heterocycles. The number of pyridine rings is 1. The molecular formula is C24H33N3O2. The lowest BCUT2D eigenvalue weighted by molar-refractivity contribution is -0.0705. The summed E-state index contributed by atoms with van der Waals surface area (Å²) in [4.78, 5) is 19.7. The topological polar surface area (TPSA) is 68.5 Å². The number of aryl methyl sites for hydroxylation is 3. The number of benzene rings is 1. The predicted molar refractivity (Wildman–Crippen MR) is 117 cm³/mol. The molecule has 2 N–H and O–H groups in total. The zero-order valence-electron chi connectivity index (χ0n) is 18.3. The monoisotopic (exact) mass is 395 g/mol. The van der Waals surface area contributed by atoms with Crippen LogP contribution in [0.5, 0.6) is 0 Å². The summed E-state index contributed by atoms with van der Waals surface area (Å²) in [5.41, 5.74) is 12.7. The number of ether oxygens (including phenoxy) is 1. The Balaban J connectivity index is 2.06. The highest BCUT2D eigenvalue weighted by Crippen LogP contribution is 2.30. The summed E-state index contributed by atoms with van der Waals surface area (Å²) in [6, 6.07) is 8.27. The molecule has 0 unspecified atom stereocenters. The molecule has 1 saturated heterocycles. The van der Waals surface area contributed by atoms with Crippen molar-refractivity contribution in [3.8, 4) is 11.3 Å². The van der Waals surface area contributed by atoms with Crippen LogP contribution in [0.25, 0.3) is 11.3 Å². The van der Waals surface area contributed by atoms with E-state index in [0.717, 1.165) is 48.4 Å². The van der Waals surface area contributed by atoms with Crippen LogP contribution in [0.3, 0.4) is 0 Å². The number of morpholine rings is 1. The molecule has 0 saturated carbocycles. The Morgan fingerprint density at radius 1 is 1.17 bits per heavy atom. The van der Waals surface area contributed by atoms with Gasteiger partial charge in [0.15, 0.2) is 0 Å². The van der Waals surface area contributed by atoms with Crippen LogP contribution in [0.4, 0.5) is 0 Å². The molecule has 5 nitrogen and oxygen atoms in total. The van der Waals surface area contributed by atoms with Gasteiger partial charge in [-0.3, -0.25) is 14.7 Å². The summed E-state index contributed by atoms with van der Waals surface area (Å²) in [6.07, 6.45) is 2.18. The number of carbonyl (C=O) groups is 1. The van der Waals surface area contributed by atoms with Gasteiger partial charge in [0.2, 0.25) is 5.91 Å². The Morgan fingerprint density at radius 3 is 2.28 bits per heavy atom. The number of hydrogen-bond donors (Lipinski definition) is 1. The molecule has 0 radical (unpaired) electrons. The van der Waals surface area contributed by atoms with E-state index in [4.69, 9.17) is 15.5 Å². The second-order valence-electron chi connectivity index (χ2n) is 8.09. The molecule has 0 spiro atoms. The third-order valence-electron chi connectivity index (χ3n) is 5.73. The first-order valence-electron chi connectivity index (χ1n) is 10.6. The van der Waals surface area contributed by atoms with Gasteiger partial charge < -0.3 is 10.5 Å². The molecular weight excluding hydrogens is 362 g/mol. The normalized spacial score (nSPS) is 20.0. The smallest absolute Gasteiger partial charge is 0.249 e. The second-order valence-corrected chi connectivity index (χ2v) is 8.09. The van der Waals surface area contributed by atoms with E-state index in [2.05, 4.69) is 50.8 Å². The maximum absolute atomic E-state index is 12.4. The number of carbonyl (C=O) groups excluding carboxylic acids is 1. The van der Waals surface area contributed by atoms with Gasteiger partial charge in [0, 0.05) is 42.0 Å². The van der Waals surface area contributed by atoms with Crippen LogP contribution in [0, 0.1) is 6.92 Å². The number of nitrogens with two attached hydrogens (primary N) is 1. The zero-order valence-corrected chi connectivity index (χ0v) is 18.3. The predicted octanol–water partition coefficient (Wildman–Crippen LogP) is 3.89. The van der Waals surface area contributed by atoms with E-state index in [1.165, 1.54) is 11.1 Å². The van der Waals surface area contributed by atoms with Crippen LogP contribution in [-0.4, -0.2) is 41.1 Å². The van der Waals surface area contributed by atoms with Crippen LogP contribution in [-0.2, 0) is 24.1 Å². The minimum absolute atomic E-state index is 0.173. The molecule has 1 aliphatic heterocycles. The molecule has 156 valence electrons. The third kappa shape index (κ3) is 4.68. The Bertz CT molecular complexity index is 862. The van der Waals surface area contributed by atoms with Gasteiger partial charge in [-0.15, -0.1) is 0 Å². The van der Waals surface area contributed by atoms with Gasteiger partial charge in [0.1, 0.15) is 0 Å². The summed E-state index contributed by atoms with van der Waals surface area (Å²) in [5, 5.41) is 0. The molecule has 1 amide bonds. The molecule has 0 aliphatic carbocycles. The van der Waals surface area contributed by atoms with E-state index >= 15 is 0 Å². The van der Waals surface area contributed by atoms with Crippen LogP contribution < -0.4 is 5.73 Å². The number of hydrogen-bond acceptors (Lipinski definition) is 4. The minimum Gasteiger partial charge on any atom is -0.373 e. The molecule has 5 heteroatoms. The average Bonchev–Trinajstić information content (AvgIpc) is 2.67.